The molecule has 0 heterocycles. The van der Waals surface area contributed by atoms with Crippen molar-refractivity contribution in [1.82, 2.24) is 10.6 Å². The van der Waals surface area contributed by atoms with Crippen LogP contribution in [0, 0.1) is 0 Å². The first-order chi connectivity index (χ1) is 7.30. The number of nitrogens with one attached hydrogen (secondary N) is 2. The van der Waals surface area contributed by atoms with Gasteiger partial charge in [0.1, 0.15) is 5.75 Å². The minimum atomic E-state index is 0. The quantitative estimate of drug-likeness (QED) is 0.501. The van der Waals surface area contributed by atoms with Gasteiger partial charge < -0.3 is 15.4 Å². The summed E-state index contributed by atoms with van der Waals surface area (Å²) in [6.45, 7) is 0.748. The van der Waals surface area contributed by atoms with Crippen molar-refractivity contribution in [3.8, 4) is 5.75 Å². The molecule has 1 aromatic carbocycles. The lowest BCUT2D eigenvalue weighted by Gasteiger charge is -2.08. The van der Waals surface area contributed by atoms with E-state index >= 15 is 0 Å². The van der Waals surface area contributed by atoms with E-state index in [0.717, 1.165) is 18.3 Å². The highest BCUT2D eigenvalue weighted by Crippen LogP contribution is 2.10. The highest BCUT2D eigenvalue weighted by atomic mass is 127. The van der Waals surface area contributed by atoms with Gasteiger partial charge in [-0.25, -0.2) is 0 Å². The Bertz CT molecular complexity index is 325. The van der Waals surface area contributed by atoms with Crippen LogP contribution >= 0.6 is 24.0 Å². The third-order valence-electron chi connectivity index (χ3n) is 2.08. The second kappa shape index (κ2) is 8.20. The highest BCUT2D eigenvalue weighted by Gasteiger charge is 1.96. The van der Waals surface area contributed by atoms with Crippen LogP contribution in [-0.4, -0.2) is 27.2 Å². The van der Waals surface area contributed by atoms with Crippen LogP contribution in [0.15, 0.2) is 29.3 Å². The zero-order valence-corrected chi connectivity index (χ0v) is 12.1. The summed E-state index contributed by atoms with van der Waals surface area (Å²) in [6, 6.07) is 7.93. The van der Waals surface area contributed by atoms with Crippen molar-refractivity contribution in [3.63, 3.8) is 0 Å². The van der Waals surface area contributed by atoms with Crippen LogP contribution in [-0.2, 0) is 6.54 Å². The number of methoxy groups -OCH3 is 1. The van der Waals surface area contributed by atoms with Crippen LogP contribution in [0.4, 0.5) is 0 Å². The molecule has 0 saturated heterocycles. The van der Waals surface area contributed by atoms with Gasteiger partial charge in [0.2, 0.25) is 0 Å². The number of aliphatic imine (C=N–C) groups is 1. The summed E-state index contributed by atoms with van der Waals surface area (Å²) in [7, 11) is 5.24. The van der Waals surface area contributed by atoms with E-state index in [2.05, 4.69) is 15.6 Å². The normalized spacial score (nSPS) is 10.3. The van der Waals surface area contributed by atoms with Crippen LogP contribution in [0.2, 0.25) is 0 Å². The van der Waals surface area contributed by atoms with Crippen molar-refractivity contribution < 1.29 is 4.74 Å². The Morgan fingerprint density at radius 1 is 1.31 bits per heavy atom. The van der Waals surface area contributed by atoms with Crippen LogP contribution < -0.4 is 15.4 Å². The molecule has 0 radical (unpaired) electrons. The Balaban J connectivity index is 0.00000225. The molecule has 16 heavy (non-hydrogen) atoms. The van der Waals surface area contributed by atoms with Crippen molar-refractivity contribution in [3.05, 3.63) is 29.8 Å². The Morgan fingerprint density at radius 2 is 1.94 bits per heavy atom. The van der Waals surface area contributed by atoms with Crippen molar-refractivity contribution >= 4 is 29.9 Å². The fourth-order valence-electron chi connectivity index (χ4n) is 1.21. The van der Waals surface area contributed by atoms with Crippen molar-refractivity contribution in [1.29, 1.82) is 0 Å². The molecule has 0 fully saturated rings. The van der Waals surface area contributed by atoms with Gasteiger partial charge in [-0.2, -0.15) is 0 Å². The molecule has 2 N–H and O–H groups in total. The lowest BCUT2D eigenvalue weighted by molar-refractivity contribution is 0.414. The molecule has 0 atom stereocenters. The Kier molecular flexibility index (Phi) is 7.70. The zero-order valence-electron chi connectivity index (χ0n) is 9.78. The van der Waals surface area contributed by atoms with Gasteiger partial charge in [-0.05, 0) is 17.7 Å². The van der Waals surface area contributed by atoms with E-state index in [0.29, 0.717) is 0 Å². The van der Waals surface area contributed by atoms with E-state index in [1.54, 1.807) is 14.2 Å². The van der Waals surface area contributed by atoms with E-state index in [4.69, 9.17) is 4.74 Å². The largest absolute Gasteiger partial charge is 0.497 e. The van der Waals surface area contributed by atoms with E-state index in [1.165, 1.54) is 5.56 Å². The summed E-state index contributed by atoms with van der Waals surface area (Å²) >= 11 is 0. The van der Waals surface area contributed by atoms with Gasteiger partial charge in [-0.15, -0.1) is 24.0 Å². The molecule has 0 amide bonds. The maximum Gasteiger partial charge on any atom is 0.190 e. The number of benzene rings is 1. The average molecular weight is 335 g/mol. The first-order valence-corrected chi connectivity index (χ1v) is 4.81. The summed E-state index contributed by atoms with van der Waals surface area (Å²) in [5, 5.41) is 6.13. The predicted molar refractivity (Wildman–Crippen MR) is 77.7 cm³/mol. The first kappa shape index (κ1) is 15.0. The minimum absolute atomic E-state index is 0. The SMILES string of the molecule is CN=C(NC)NCc1ccc(OC)cc1.I. The molecule has 0 aliphatic carbocycles. The van der Waals surface area contributed by atoms with Crippen LogP contribution in [0.25, 0.3) is 0 Å². The van der Waals surface area contributed by atoms with Gasteiger partial charge in [0.05, 0.1) is 7.11 Å². The molecule has 0 aromatic heterocycles. The molecule has 0 spiro atoms. The predicted octanol–water partition coefficient (Wildman–Crippen LogP) is 1.61. The molecule has 0 saturated carbocycles. The second-order valence-electron chi connectivity index (χ2n) is 3.02. The molecule has 90 valence electrons. The smallest absolute Gasteiger partial charge is 0.190 e. The van der Waals surface area contributed by atoms with Crippen LogP contribution in [0.5, 0.6) is 5.75 Å². The van der Waals surface area contributed by atoms with Gasteiger partial charge in [-0.1, -0.05) is 12.1 Å². The summed E-state index contributed by atoms with van der Waals surface area (Å²) in [5.74, 6) is 1.66. The third kappa shape index (κ3) is 4.69. The molecule has 5 heteroatoms. The lowest BCUT2D eigenvalue weighted by atomic mass is 10.2. The Labute approximate surface area is 114 Å². The molecular formula is C11H18IN3O. The van der Waals surface area contributed by atoms with E-state index in [1.807, 2.05) is 31.3 Å². The van der Waals surface area contributed by atoms with Crippen molar-refractivity contribution in [2.75, 3.05) is 21.2 Å². The summed E-state index contributed by atoms with van der Waals surface area (Å²) in [4.78, 5) is 4.03. The molecule has 0 aliphatic rings. The van der Waals surface area contributed by atoms with Gasteiger partial charge in [0.15, 0.2) is 5.96 Å². The third-order valence-corrected chi connectivity index (χ3v) is 2.08. The average Bonchev–Trinajstić information content (AvgIpc) is 2.31. The molecule has 0 unspecified atom stereocenters. The number of hydrogen-bond acceptors (Lipinski definition) is 2. The lowest BCUT2D eigenvalue weighted by Crippen LogP contribution is -2.33. The van der Waals surface area contributed by atoms with Gasteiger partial charge in [-0.3, -0.25) is 4.99 Å². The maximum atomic E-state index is 5.08. The number of nitrogens with zero attached hydrogens (tertiary/aromatic N) is 1. The number of rotatable bonds is 3. The van der Waals surface area contributed by atoms with E-state index in [9.17, 15) is 0 Å². The fourth-order valence-corrected chi connectivity index (χ4v) is 1.21. The standard InChI is InChI=1S/C11H17N3O.HI/c1-12-11(13-2)14-8-9-4-6-10(15-3)7-5-9;/h4-7H,8H2,1-3H3,(H2,12,13,14);1H. The van der Waals surface area contributed by atoms with E-state index in [-0.39, 0.29) is 24.0 Å². The topological polar surface area (TPSA) is 45.7 Å². The molecule has 0 bridgehead atoms. The number of ether oxygens (including phenoxy) is 1. The fraction of sp³-hybridized carbons (Fsp3) is 0.364. The number of halogens is 1. The molecule has 4 nitrogen and oxygen atoms in total. The number of guanidine groups is 1. The van der Waals surface area contributed by atoms with Crippen LogP contribution in [0.1, 0.15) is 5.56 Å². The Morgan fingerprint density at radius 3 is 2.38 bits per heavy atom. The molecule has 1 rings (SSSR count). The summed E-state index contributed by atoms with van der Waals surface area (Å²) in [6.07, 6.45) is 0. The zero-order chi connectivity index (χ0) is 11.1. The van der Waals surface area contributed by atoms with Crippen molar-refractivity contribution in [2.45, 2.75) is 6.54 Å². The number of hydrogen-bond donors (Lipinski definition) is 2. The first-order valence-electron chi connectivity index (χ1n) is 4.81. The van der Waals surface area contributed by atoms with Gasteiger partial charge in [0, 0.05) is 20.6 Å². The van der Waals surface area contributed by atoms with Gasteiger partial charge >= 0.3 is 0 Å². The van der Waals surface area contributed by atoms with Crippen molar-refractivity contribution in [2.24, 2.45) is 4.99 Å². The molecule has 1 aromatic rings. The highest BCUT2D eigenvalue weighted by molar-refractivity contribution is 14.0. The molecule has 0 aliphatic heterocycles. The van der Waals surface area contributed by atoms with Crippen LogP contribution in [0.3, 0.4) is 0 Å². The minimum Gasteiger partial charge on any atom is -0.497 e. The molecular weight excluding hydrogens is 317 g/mol. The second-order valence-corrected chi connectivity index (χ2v) is 3.02. The van der Waals surface area contributed by atoms with Gasteiger partial charge in [0.25, 0.3) is 0 Å². The summed E-state index contributed by atoms with van der Waals surface area (Å²) in [5.41, 5.74) is 1.19. The maximum absolute atomic E-state index is 5.08. The van der Waals surface area contributed by atoms with E-state index < -0.39 is 0 Å². The summed E-state index contributed by atoms with van der Waals surface area (Å²) < 4.78 is 5.08. The monoisotopic (exact) mass is 335 g/mol. The Hall–Kier alpha value is -0.980.